The third kappa shape index (κ3) is 5.13. The highest BCUT2D eigenvalue weighted by Gasteiger charge is 2.06. The molecule has 2 rings (SSSR count). The number of nitrogens with one attached hydrogen (secondary N) is 1. The first-order valence-corrected chi connectivity index (χ1v) is 6.46. The smallest absolute Gasteiger partial charge is 0.230 e. The van der Waals surface area contributed by atoms with Crippen molar-refractivity contribution in [3.05, 3.63) is 59.9 Å². The summed E-state index contributed by atoms with van der Waals surface area (Å²) in [5.41, 5.74) is 3.23. The molecule has 0 bridgehead atoms. The molecule has 4 heteroatoms. The van der Waals surface area contributed by atoms with E-state index in [4.69, 9.17) is 0 Å². The molecule has 0 saturated carbocycles. The predicted octanol–water partition coefficient (Wildman–Crippen LogP) is -0.376. The number of nitrogens with zero attached hydrogens (tertiary/aromatic N) is 1. The van der Waals surface area contributed by atoms with Crippen molar-refractivity contribution in [1.29, 1.82) is 0 Å². The van der Waals surface area contributed by atoms with Crippen LogP contribution in [0.3, 0.4) is 0 Å². The number of pyridine rings is 1. The van der Waals surface area contributed by atoms with E-state index in [0.29, 0.717) is 13.0 Å². The van der Waals surface area contributed by atoms with Crippen LogP contribution in [0.15, 0.2) is 48.8 Å². The van der Waals surface area contributed by atoms with Crippen LogP contribution in [0, 0.1) is 13.8 Å². The third-order valence-electron chi connectivity index (χ3n) is 2.96. The zero-order valence-electron chi connectivity index (χ0n) is 11.8. The van der Waals surface area contributed by atoms with Crippen LogP contribution in [0.25, 0.3) is 0 Å². The van der Waals surface area contributed by atoms with Gasteiger partial charge in [0, 0.05) is 17.8 Å². The predicted molar refractivity (Wildman–Crippen MR) is 75.8 cm³/mol. The van der Waals surface area contributed by atoms with Crippen LogP contribution in [0.1, 0.15) is 17.5 Å². The Balaban J connectivity index is 0.00000200. The maximum absolute atomic E-state index is 11.8. The van der Waals surface area contributed by atoms with E-state index in [1.54, 1.807) is 0 Å². The minimum absolute atomic E-state index is 0. The lowest BCUT2D eigenvalue weighted by Crippen LogP contribution is -3.00. The number of anilines is 1. The Kier molecular flexibility index (Phi) is 6.39. The van der Waals surface area contributed by atoms with Crippen molar-refractivity contribution < 1.29 is 26.3 Å². The summed E-state index contributed by atoms with van der Waals surface area (Å²) in [6.07, 6.45) is 4.46. The van der Waals surface area contributed by atoms with Gasteiger partial charge in [-0.1, -0.05) is 12.1 Å². The molecular weight excluding hydrogens is 316 g/mol. The molecule has 1 aromatic heterocycles. The number of carbonyl (C=O) groups excluding carboxylic acids is 1. The second-order valence-corrected chi connectivity index (χ2v) is 4.78. The molecule has 20 heavy (non-hydrogen) atoms. The van der Waals surface area contributed by atoms with E-state index in [2.05, 4.69) is 12.2 Å². The van der Waals surface area contributed by atoms with E-state index in [1.165, 1.54) is 5.56 Å². The maximum Gasteiger partial charge on any atom is 0.230 e. The normalized spacial score (nSPS) is 9.70. The SMILES string of the molecule is Cc1cc[n+](CCC(=O)Nc2cccc(C)c2)cc1.[Br-]. The van der Waals surface area contributed by atoms with Crippen LogP contribution in [-0.4, -0.2) is 5.91 Å². The number of rotatable bonds is 4. The summed E-state index contributed by atoms with van der Waals surface area (Å²) < 4.78 is 2.02. The van der Waals surface area contributed by atoms with Gasteiger partial charge in [0.1, 0.15) is 0 Å². The van der Waals surface area contributed by atoms with Gasteiger partial charge in [0.15, 0.2) is 18.9 Å². The van der Waals surface area contributed by atoms with Crippen LogP contribution in [0.2, 0.25) is 0 Å². The molecule has 1 N–H and O–H groups in total. The monoisotopic (exact) mass is 334 g/mol. The largest absolute Gasteiger partial charge is 1.00 e. The minimum Gasteiger partial charge on any atom is -1.00 e. The second-order valence-electron chi connectivity index (χ2n) is 4.78. The molecule has 0 saturated heterocycles. The quantitative estimate of drug-likeness (QED) is 0.760. The summed E-state index contributed by atoms with van der Waals surface area (Å²) in [6, 6.07) is 11.9. The molecule has 0 atom stereocenters. The van der Waals surface area contributed by atoms with E-state index < -0.39 is 0 Å². The summed E-state index contributed by atoms with van der Waals surface area (Å²) in [7, 11) is 0. The zero-order chi connectivity index (χ0) is 13.7. The molecule has 0 unspecified atom stereocenters. The molecular formula is C16H19BrN2O. The number of hydrogen-bond donors (Lipinski definition) is 1. The Morgan fingerprint density at radius 3 is 2.45 bits per heavy atom. The second kappa shape index (κ2) is 7.80. The van der Waals surface area contributed by atoms with Crippen molar-refractivity contribution >= 4 is 11.6 Å². The summed E-state index contributed by atoms with van der Waals surface area (Å²) >= 11 is 0. The van der Waals surface area contributed by atoms with E-state index in [-0.39, 0.29) is 22.9 Å². The molecule has 3 nitrogen and oxygen atoms in total. The van der Waals surface area contributed by atoms with Gasteiger partial charge in [0.2, 0.25) is 5.91 Å². The van der Waals surface area contributed by atoms with Gasteiger partial charge >= 0.3 is 0 Å². The van der Waals surface area contributed by atoms with Gasteiger partial charge in [0.25, 0.3) is 0 Å². The van der Waals surface area contributed by atoms with Gasteiger partial charge in [-0.2, -0.15) is 0 Å². The molecule has 1 aromatic carbocycles. The summed E-state index contributed by atoms with van der Waals surface area (Å²) in [5.74, 6) is 0.0404. The third-order valence-corrected chi connectivity index (χ3v) is 2.96. The fourth-order valence-electron chi connectivity index (χ4n) is 1.86. The Bertz CT molecular complexity index is 567. The van der Waals surface area contributed by atoms with Gasteiger partial charge in [0.05, 0.1) is 6.42 Å². The van der Waals surface area contributed by atoms with Crippen molar-refractivity contribution in [3.63, 3.8) is 0 Å². The molecule has 0 spiro atoms. The molecule has 0 radical (unpaired) electrons. The van der Waals surface area contributed by atoms with Gasteiger partial charge in [-0.15, -0.1) is 0 Å². The number of halogens is 1. The topological polar surface area (TPSA) is 33.0 Å². The van der Waals surface area contributed by atoms with Crippen molar-refractivity contribution in [2.24, 2.45) is 0 Å². The Morgan fingerprint density at radius 1 is 1.10 bits per heavy atom. The van der Waals surface area contributed by atoms with Gasteiger partial charge in [-0.05, 0) is 37.1 Å². The van der Waals surface area contributed by atoms with Gasteiger partial charge in [-0.25, -0.2) is 4.57 Å². The molecule has 0 fully saturated rings. The minimum atomic E-state index is 0. The number of benzene rings is 1. The molecule has 1 heterocycles. The average Bonchev–Trinajstić information content (AvgIpc) is 2.38. The Hall–Kier alpha value is -1.68. The van der Waals surface area contributed by atoms with Crippen LogP contribution < -0.4 is 26.9 Å². The van der Waals surface area contributed by atoms with E-state index in [9.17, 15) is 4.79 Å². The van der Waals surface area contributed by atoms with Crippen molar-refractivity contribution in [3.8, 4) is 0 Å². The maximum atomic E-state index is 11.8. The van der Waals surface area contributed by atoms with E-state index in [1.807, 2.05) is 60.3 Å². The van der Waals surface area contributed by atoms with Gasteiger partial charge < -0.3 is 22.3 Å². The van der Waals surface area contributed by atoms with Crippen LogP contribution in [0.4, 0.5) is 5.69 Å². The van der Waals surface area contributed by atoms with E-state index >= 15 is 0 Å². The average molecular weight is 335 g/mol. The molecule has 106 valence electrons. The first-order valence-electron chi connectivity index (χ1n) is 6.46. The summed E-state index contributed by atoms with van der Waals surface area (Å²) in [6.45, 7) is 4.75. The Labute approximate surface area is 130 Å². The molecule has 1 amide bonds. The zero-order valence-corrected chi connectivity index (χ0v) is 13.4. The first kappa shape index (κ1) is 16.4. The van der Waals surface area contributed by atoms with Gasteiger partial charge in [-0.3, -0.25) is 4.79 Å². The molecule has 0 aliphatic carbocycles. The highest BCUT2D eigenvalue weighted by Crippen LogP contribution is 2.09. The molecule has 0 aliphatic heterocycles. The summed E-state index contributed by atoms with van der Waals surface area (Å²) in [5, 5.41) is 2.91. The number of carbonyl (C=O) groups is 1. The number of aryl methyl sites for hydroxylation is 3. The summed E-state index contributed by atoms with van der Waals surface area (Å²) in [4.78, 5) is 11.8. The number of hydrogen-bond acceptors (Lipinski definition) is 1. The number of amides is 1. The van der Waals surface area contributed by atoms with E-state index in [0.717, 1.165) is 11.3 Å². The highest BCUT2D eigenvalue weighted by atomic mass is 79.9. The van der Waals surface area contributed by atoms with Crippen molar-refractivity contribution in [2.75, 3.05) is 5.32 Å². The Morgan fingerprint density at radius 2 is 1.80 bits per heavy atom. The number of aromatic nitrogens is 1. The first-order chi connectivity index (χ1) is 9.13. The van der Waals surface area contributed by atoms with Crippen LogP contribution in [0.5, 0.6) is 0 Å². The lowest BCUT2D eigenvalue weighted by Gasteiger charge is -2.04. The molecule has 0 aliphatic rings. The fourth-order valence-corrected chi connectivity index (χ4v) is 1.86. The van der Waals surface area contributed by atoms with Crippen molar-refractivity contribution in [2.45, 2.75) is 26.8 Å². The fraction of sp³-hybridized carbons (Fsp3) is 0.250. The highest BCUT2D eigenvalue weighted by molar-refractivity contribution is 5.90. The standard InChI is InChI=1S/C16H18N2O.BrH/c1-13-6-9-18(10-7-13)11-8-16(19)17-15-5-3-4-14(2)12-15;/h3-7,9-10,12H,8,11H2,1-2H3;1H. The lowest BCUT2D eigenvalue weighted by molar-refractivity contribution is -0.695. The lowest BCUT2D eigenvalue weighted by atomic mass is 10.2. The van der Waals surface area contributed by atoms with Crippen LogP contribution >= 0.6 is 0 Å². The van der Waals surface area contributed by atoms with Crippen molar-refractivity contribution in [1.82, 2.24) is 0 Å². The molecule has 2 aromatic rings. The van der Waals surface area contributed by atoms with Crippen LogP contribution in [-0.2, 0) is 11.3 Å².